The van der Waals surface area contributed by atoms with E-state index in [2.05, 4.69) is 15.8 Å². The van der Waals surface area contributed by atoms with Gasteiger partial charge >= 0.3 is 0 Å². The average Bonchev–Trinajstić information content (AvgIpc) is 2.22. The lowest BCUT2D eigenvalue weighted by atomic mass is 10.7. The Morgan fingerprint density at radius 2 is 1.50 bits per heavy atom. The molecule has 0 saturated carbocycles. The minimum atomic E-state index is -1.16. The molecule has 2 amide bonds. The van der Waals surface area contributed by atoms with Crippen LogP contribution in [0.2, 0.25) is 0 Å². The zero-order valence-electron chi connectivity index (χ0n) is 6.80. The van der Waals surface area contributed by atoms with Crippen molar-refractivity contribution in [2.45, 2.75) is 0 Å². The van der Waals surface area contributed by atoms with Gasteiger partial charge < -0.3 is 0 Å². The van der Waals surface area contributed by atoms with Crippen LogP contribution in [0.4, 0.5) is 8.78 Å². The van der Waals surface area contributed by atoms with E-state index < -0.39 is 11.9 Å². The number of imide groups is 1. The fourth-order valence-electron chi connectivity index (χ4n) is 0.329. The highest BCUT2D eigenvalue weighted by atomic mass is 19.2. The molecule has 0 aromatic carbocycles. The molecule has 1 aromatic heterocycles. The second-order valence-corrected chi connectivity index (χ2v) is 1.80. The van der Waals surface area contributed by atoms with Crippen molar-refractivity contribution in [3.05, 3.63) is 24.3 Å². The maximum atomic E-state index is 11.8. The van der Waals surface area contributed by atoms with Crippen molar-refractivity contribution in [1.82, 2.24) is 15.0 Å². The van der Waals surface area contributed by atoms with Crippen molar-refractivity contribution in [3.8, 4) is 0 Å². The predicted octanol–water partition coefficient (Wildman–Crippen LogP) is -0.770. The van der Waals surface area contributed by atoms with Crippen molar-refractivity contribution in [2.24, 2.45) is 5.84 Å². The summed E-state index contributed by atoms with van der Waals surface area (Å²) in [7, 11) is 0. The van der Waals surface area contributed by atoms with Gasteiger partial charge in [-0.05, 0) is 0 Å². The summed E-state index contributed by atoms with van der Waals surface area (Å²) in [4.78, 5) is 24.6. The van der Waals surface area contributed by atoms with E-state index in [-0.39, 0.29) is 12.8 Å². The molecular formula is C6H6F2N4O2. The first-order valence-corrected chi connectivity index (χ1v) is 3.17. The van der Waals surface area contributed by atoms with E-state index in [0.29, 0.717) is 5.01 Å². The van der Waals surface area contributed by atoms with Gasteiger partial charge in [-0.25, -0.2) is 20.8 Å². The molecular weight excluding hydrogens is 198 g/mol. The average molecular weight is 204 g/mol. The molecule has 1 heterocycles. The summed E-state index contributed by atoms with van der Waals surface area (Å²) >= 11 is 0. The number of rotatable bonds is 2. The van der Waals surface area contributed by atoms with Gasteiger partial charge in [0.05, 0.1) is 0 Å². The van der Waals surface area contributed by atoms with Crippen LogP contribution < -0.4 is 5.84 Å². The summed E-state index contributed by atoms with van der Waals surface area (Å²) < 4.78 is 23.5. The lowest BCUT2D eigenvalue weighted by Gasteiger charge is -1.91. The Bertz CT molecular complexity index is 281. The number of carbonyl (C=O) groups excluding carboxylic acids is 2. The molecule has 2 N–H and O–H groups in total. The molecule has 0 aliphatic carbocycles. The number of amides is 2. The molecule has 0 aliphatic rings. The number of nitrogens with zero attached hydrogens (tertiary/aromatic N) is 3. The second kappa shape index (κ2) is 6.54. The molecule has 14 heavy (non-hydrogen) atoms. The lowest BCUT2D eigenvalue weighted by molar-refractivity contribution is -0.129. The Kier molecular flexibility index (Phi) is 5.63. The summed E-state index contributed by atoms with van der Waals surface area (Å²) in [5.74, 6) is 2.25. The van der Waals surface area contributed by atoms with Crippen LogP contribution in [0.25, 0.3) is 0 Å². The van der Waals surface area contributed by atoms with Gasteiger partial charge in [0.2, 0.25) is 12.8 Å². The quantitative estimate of drug-likeness (QED) is 0.295. The molecule has 0 saturated heterocycles. The van der Waals surface area contributed by atoms with Gasteiger partial charge in [0.25, 0.3) is 11.9 Å². The first kappa shape index (κ1) is 12.0. The van der Waals surface area contributed by atoms with Gasteiger partial charge in [-0.3, -0.25) is 9.59 Å². The molecule has 0 unspecified atom stereocenters. The third-order valence-electron chi connectivity index (χ3n) is 0.856. The molecule has 1 aromatic rings. The zero-order valence-corrected chi connectivity index (χ0v) is 6.80. The largest absolute Gasteiger partial charge is 0.277 e. The number of hydrogen-bond acceptors (Lipinski definition) is 5. The fourth-order valence-corrected chi connectivity index (χ4v) is 0.329. The minimum absolute atomic E-state index is 0.215. The smallest absolute Gasteiger partial charge is 0.268 e. The monoisotopic (exact) mass is 204 g/mol. The van der Waals surface area contributed by atoms with Crippen LogP contribution in [-0.2, 0) is 9.59 Å². The van der Waals surface area contributed by atoms with E-state index in [4.69, 9.17) is 0 Å². The highest BCUT2D eigenvalue weighted by molar-refractivity contribution is 5.66. The van der Waals surface area contributed by atoms with Crippen LogP contribution in [0.5, 0.6) is 0 Å². The molecule has 6 nitrogen and oxygen atoms in total. The Morgan fingerprint density at radius 3 is 1.64 bits per heavy atom. The number of nitrogens with two attached hydrogens (primary N) is 1. The highest BCUT2D eigenvalue weighted by Crippen LogP contribution is 1.92. The summed E-state index contributed by atoms with van der Waals surface area (Å²) in [5, 5.41) is 0.389. The number of carbonyl (C=O) groups is 2. The lowest BCUT2D eigenvalue weighted by Crippen LogP contribution is -2.26. The molecule has 1 rings (SSSR count). The third kappa shape index (κ3) is 4.83. The van der Waals surface area contributed by atoms with Crippen LogP contribution in [0.3, 0.4) is 0 Å². The Hall–Kier alpha value is -1.96. The first-order chi connectivity index (χ1) is 6.61. The van der Waals surface area contributed by atoms with E-state index >= 15 is 0 Å². The van der Waals surface area contributed by atoms with E-state index in [0.717, 1.165) is 12.4 Å². The Labute approximate surface area is 77.3 Å². The third-order valence-corrected chi connectivity index (χ3v) is 0.856. The highest BCUT2D eigenvalue weighted by Gasteiger charge is 1.97. The van der Waals surface area contributed by atoms with Crippen molar-refractivity contribution in [3.63, 3.8) is 0 Å². The molecule has 0 bridgehead atoms. The zero-order chi connectivity index (χ0) is 11.0. The molecule has 0 fully saturated rings. The van der Waals surface area contributed by atoms with Gasteiger partial charge in [0.1, 0.15) is 0 Å². The molecule has 0 aliphatic heterocycles. The van der Waals surface area contributed by atoms with Gasteiger partial charge in [0, 0.05) is 12.4 Å². The fraction of sp³-hybridized carbons (Fsp3) is 0. The van der Waals surface area contributed by atoms with Crippen LogP contribution in [0.1, 0.15) is 0 Å². The second-order valence-electron chi connectivity index (χ2n) is 1.80. The van der Waals surface area contributed by atoms with Crippen molar-refractivity contribution >= 4 is 12.8 Å². The molecule has 0 radical (unpaired) electrons. The topological polar surface area (TPSA) is 89.2 Å². The van der Waals surface area contributed by atoms with Crippen LogP contribution >= 0.6 is 0 Å². The maximum absolute atomic E-state index is 11.8. The predicted molar refractivity (Wildman–Crippen MR) is 40.1 cm³/mol. The van der Waals surface area contributed by atoms with E-state index in [1.54, 1.807) is 0 Å². The van der Waals surface area contributed by atoms with Gasteiger partial charge in [0.15, 0.2) is 0 Å². The van der Waals surface area contributed by atoms with E-state index in [1.807, 2.05) is 0 Å². The Balaban J connectivity index is 0.000000255. The first-order valence-electron chi connectivity index (χ1n) is 3.17. The van der Waals surface area contributed by atoms with Gasteiger partial charge in [-0.1, -0.05) is 0 Å². The van der Waals surface area contributed by atoms with Gasteiger partial charge in [-0.15, -0.1) is 0 Å². The molecule has 76 valence electrons. The Morgan fingerprint density at radius 1 is 1.14 bits per heavy atom. The molecule has 0 spiro atoms. The number of halogens is 2. The SMILES string of the molecule is Fc1nccnc1F.NN(C=O)C=O. The van der Waals surface area contributed by atoms with Crippen molar-refractivity contribution in [1.29, 1.82) is 0 Å². The van der Waals surface area contributed by atoms with Gasteiger partial charge in [-0.2, -0.15) is 8.78 Å². The summed E-state index contributed by atoms with van der Waals surface area (Å²) in [5.41, 5.74) is 0. The summed E-state index contributed by atoms with van der Waals surface area (Å²) in [6, 6.07) is 0. The minimum Gasteiger partial charge on any atom is -0.277 e. The number of hydrazine groups is 1. The van der Waals surface area contributed by atoms with E-state index in [1.165, 1.54) is 0 Å². The number of hydrogen-bond donors (Lipinski definition) is 1. The molecule has 0 atom stereocenters. The van der Waals surface area contributed by atoms with E-state index in [9.17, 15) is 18.4 Å². The van der Waals surface area contributed by atoms with Crippen LogP contribution in [-0.4, -0.2) is 27.8 Å². The summed E-state index contributed by atoms with van der Waals surface area (Å²) in [6.07, 6.45) is 2.59. The van der Waals surface area contributed by atoms with Crippen molar-refractivity contribution in [2.75, 3.05) is 0 Å². The maximum Gasteiger partial charge on any atom is 0.268 e. The molecule has 8 heteroatoms. The normalized spacial score (nSPS) is 8.21. The van der Waals surface area contributed by atoms with Crippen molar-refractivity contribution < 1.29 is 18.4 Å². The standard InChI is InChI=1S/C4H2F2N2.C2H4N2O2/c5-3-4(6)8-2-1-7-3;3-4(1-5)2-6/h1-2H;1-2H,3H2. The number of aromatic nitrogens is 2. The van der Waals surface area contributed by atoms with Crippen LogP contribution in [0.15, 0.2) is 12.4 Å². The van der Waals surface area contributed by atoms with Crippen LogP contribution in [0, 0.1) is 11.9 Å². The summed E-state index contributed by atoms with van der Waals surface area (Å²) in [6.45, 7) is 0.